The summed E-state index contributed by atoms with van der Waals surface area (Å²) in [6.07, 6.45) is 6.46. The van der Waals surface area contributed by atoms with Gasteiger partial charge in [0, 0.05) is 41.9 Å². The van der Waals surface area contributed by atoms with Gasteiger partial charge < -0.3 is 4.90 Å². The van der Waals surface area contributed by atoms with Crippen LogP contribution in [0, 0.1) is 0 Å². The Hall–Kier alpha value is -1.50. The smallest absolute Gasteiger partial charge is 0.254 e. The van der Waals surface area contributed by atoms with E-state index in [2.05, 4.69) is 16.7 Å². The third-order valence-corrected chi connectivity index (χ3v) is 8.64. The topological polar surface area (TPSA) is 40.6 Å². The minimum Gasteiger partial charge on any atom is -0.334 e. The number of carbonyl (C=O) groups excluding carboxylic acids is 1. The number of rotatable bonds is 5. The number of carbonyl (C=O) groups is 1. The van der Waals surface area contributed by atoms with E-state index in [0.29, 0.717) is 12.1 Å². The van der Waals surface area contributed by atoms with Gasteiger partial charge in [-0.15, -0.1) is 11.3 Å². The predicted octanol–water partition coefficient (Wildman–Crippen LogP) is 4.24. The Bertz CT molecular complexity index is 862. The number of hydrogen-bond donors (Lipinski definition) is 0. The Morgan fingerprint density at radius 3 is 2.50 bits per heavy atom. The van der Waals surface area contributed by atoms with Crippen LogP contribution < -0.4 is 0 Å². The molecule has 3 atom stereocenters. The summed E-state index contributed by atoms with van der Waals surface area (Å²) in [4.78, 5) is 18.8. The van der Waals surface area contributed by atoms with Crippen LogP contribution in [0.2, 0.25) is 0 Å². The van der Waals surface area contributed by atoms with Gasteiger partial charge in [0.2, 0.25) is 0 Å². The van der Waals surface area contributed by atoms with Gasteiger partial charge in [-0.1, -0.05) is 12.1 Å². The number of hydrogen-bond acceptors (Lipinski definition) is 4. The third kappa shape index (κ3) is 4.09. The molecule has 0 bridgehead atoms. The average molecular weight is 417 g/mol. The zero-order valence-corrected chi connectivity index (χ0v) is 18.2. The molecular formula is C22H28N2O2S2. The lowest BCUT2D eigenvalue weighted by molar-refractivity contribution is 0.0696. The minimum atomic E-state index is -0.951. The van der Waals surface area contributed by atoms with Gasteiger partial charge in [0.15, 0.2) is 0 Å². The number of amides is 1. The summed E-state index contributed by atoms with van der Waals surface area (Å²) < 4.78 is 12.5. The van der Waals surface area contributed by atoms with Gasteiger partial charge in [0.1, 0.15) is 0 Å². The molecule has 0 spiro atoms. The first-order chi connectivity index (χ1) is 13.5. The van der Waals surface area contributed by atoms with E-state index < -0.39 is 10.8 Å². The van der Waals surface area contributed by atoms with Crippen molar-refractivity contribution in [2.45, 2.75) is 48.9 Å². The molecule has 6 heteroatoms. The highest BCUT2D eigenvalue weighted by atomic mass is 32.2. The van der Waals surface area contributed by atoms with Gasteiger partial charge in [-0.3, -0.25) is 13.9 Å². The van der Waals surface area contributed by atoms with Crippen LogP contribution in [-0.2, 0) is 10.8 Å². The fourth-order valence-electron chi connectivity index (χ4n) is 4.40. The number of nitrogens with zero attached hydrogens (tertiary/aromatic N) is 2. The Balaban J connectivity index is 1.45. The van der Waals surface area contributed by atoms with Crippen LogP contribution >= 0.6 is 11.3 Å². The molecule has 2 saturated heterocycles. The van der Waals surface area contributed by atoms with E-state index in [1.807, 2.05) is 36.4 Å². The third-order valence-electron chi connectivity index (χ3n) is 6.05. The largest absolute Gasteiger partial charge is 0.334 e. The Kier molecular flexibility index (Phi) is 5.99. The molecule has 4 nitrogen and oxygen atoms in total. The van der Waals surface area contributed by atoms with Crippen LogP contribution in [0.5, 0.6) is 0 Å². The zero-order valence-electron chi connectivity index (χ0n) is 16.6. The van der Waals surface area contributed by atoms with Crippen molar-refractivity contribution in [1.29, 1.82) is 0 Å². The van der Waals surface area contributed by atoms with Crippen molar-refractivity contribution in [3.05, 3.63) is 42.0 Å². The Morgan fingerprint density at radius 2 is 1.86 bits per heavy atom. The van der Waals surface area contributed by atoms with E-state index >= 15 is 0 Å². The summed E-state index contributed by atoms with van der Waals surface area (Å²) in [6, 6.07) is 12.8. The van der Waals surface area contributed by atoms with Crippen molar-refractivity contribution in [3.8, 4) is 10.4 Å². The SMILES string of the molecule is CC1CCCN1CC1CCCN1C(=O)c1ccc(-c2ccc(S(C)=O)s2)cc1. The van der Waals surface area contributed by atoms with E-state index in [-0.39, 0.29) is 5.91 Å². The van der Waals surface area contributed by atoms with E-state index in [9.17, 15) is 9.00 Å². The van der Waals surface area contributed by atoms with Crippen molar-refractivity contribution in [2.75, 3.05) is 25.9 Å². The summed E-state index contributed by atoms with van der Waals surface area (Å²) in [7, 11) is -0.951. The normalized spacial score (nSPS) is 24.0. The summed E-state index contributed by atoms with van der Waals surface area (Å²) in [6.45, 7) is 5.35. The quantitative estimate of drug-likeness (QED) is 0.732. The molecule has 2 aliphatic heterocycles. The van der Waals surface area contributed by atoms with Gasteiger partial charge in [-0.2, -0.15) is 0 Å². The maximum Gasteiger partial charge on any atom is 0.254 e. The molecule has 1 aromatic carbocycles. The average Bonchev–Trinajstić information content (AvgIpc) is 3.43. The maximum atomic E-state index is 13.1. The Labute approximate surface area is 174 Å². The molecule has 0 saturated carbocycles. The first kappa shape index (κ1) is 19.8. The first-order valence-corrected chi connectivity index (χ1v) is 12.5. The monoisotopic (exact) mass is 416 g/mol. The molecule has 0 aliphatic carbocycles. The number of thiophene rings is 1. The van der Waals surface area contributed by atoms with Gasteiger partial charge in [-0.05, 0) is 69.0 Å². The summed E-state index contributed by atoms with van der Waals surface area (Å²) in [5.74, 6) is 0.155. The van der Waals surface area contributed by atoms with Gasteiger partial charge in [-0.25, -0.2) is 0 Å². The van der Waals surface area contributed by atoms with E-state index in [4.69, 9.17) is 0 Å². The van der Waals surface area contributed by atoms with E-state index in [1.165, 1.54) is 19.4 Å². The molecule has 3 heterocycles. The first-order valence-electron chi connectivity index (χ1n) is 10.1. The molecule has 2 fully saturated rings. The van der Waals surface area contributed by atoms with E-state index in [0.717, 1.165) is 46.1 Å². The van der Waals surface area contributed by atoms with Gasteiger partial charge in [0.05, 0.1) is 15.0 Å². The van der Waals surface area contributed by atoms with Gasteiger partial charge >= 0.3 is 0 Å². The van der Waals surface area contributed by atoms with Crippen molar-refractivity contribution in [3.63, 3.8) is 0 Å². The fraction of sp³-hybridized carbons (Fsp3) is 0.500. The van der Waals surface area contributed by atoms with Crippen LogP contribution in [-0.4, -0.2) is 57.9 Å². The maximum absolute atomic E-state index is 13.1. The van der Waals surface area contributed by atoms with Crippen molar-refractivity contribution in [1.82, 2.24) is 9.80 Å². The van der Waals surface area contributed by atoms with Crippen molar-refractivity contribution >= 4 is 28.0 Å². The molecule has 1 amide bonds. The highest BCUT2D eigenvalue weighted by Crippen LogP contribution is 2.30. The van der Waals surface area contributed by atoms with E-state index in [1.54, 1.807) is 17.6 Å². The lowest BCUT2D eigenvalue weighted by Gasteiger charge is -2.30. The highest BCUT2D eigenvalue weighted by Gasteiger charge is 2.32. The molecule has 0 radical (unpaired) electrons. The molecular weight excluding hydrogens is 388 g/mol. The van der Waals surface area contributed by atoms with Crippen molar-refractivity contribution < 1.29 is 9.00 Å². The summed E-state index contributed by atoms with van der Waals surface area (Å²) >= 11 is 1.55. The molecule has 3 unspecified atom stereocenters. The second-order valence-corrected chi connectivity index (χ2v) is 10.6. The molecule has 0 N–H and O–H groups in total. The lowest BCUT2D eigenvalue weighted by atomic mass is 10.1. The van der Waals surface area contributed by atoms with Gasteiger partial charge in [0.25, 0.3) is 5.91 Å². The van der Waals surface area contributed by atoms with Crippen LogP contribution in [0.4, 0.5) is 0 Å². The van der Waals surface area contributed by atoms with Crippen molar-refractivity contribution in [2.24, 2.45) is 0 Å². The second kappa shape index (κ2) is 8.47. The molecule has 28 heavy (non-hydrogen) atoms. The lowest BCUT2D eigenvalue weighted by Crippen LogP contribution is -2.44. The summed E-state index contributed by atoms with van der Waals surface area (Å²) in [5.41, 5.74) is 1.84. The summed E-state index contributed by atoms with van der Waals surface area (Å²) in [5, 5.41) is 0. The predicted molar refractivity (Wildman–Crippen MR) is 116 cm³/mol. The van der Waals surface area contributed by atoms with Crippen LogP contribution in [0.3, 0.4) is 0 Å². The molecule has 4 rings (SSSR count). The molecule has 1 aromatic heterocycles. The number of likely N-dealkylation sites (tertiary alicyclic amines) is 2. The Morgan fingerprint density at radius 1 is 1.11 bits per heavy atom. The number of benzene rings is 1. The fourth-order valence-corrected chi connectivity index (χ4v) is 6.14. The second-order valence-electron chi connectivity index (χ2n) is 7.93. The zero-order chi connectivity index (χ0) is 19.7. The molecule has 2 aromatic rings. The van der Waals surface area contributed by atoms with Crippen LogP contribution in [0.1, 0.15) is 43.0 Å². The van der Waals surface area contributed by atoms with Crippen LogP contribution in [0.15, 0.2) is 40.6 Å². The minimum absolute atomic E-state index is 0.155. The standard InChI is InChI=1S/C22H28N2O2S2/c1-16-5-3-13-23(16)15-19-6-4-14-24(19)22(25)18-9-7-17(8-10-18)20-11-12-21(27-20)28(2)26/h7-12,16,19H,3-6,13-15H2,1-2H3. The highest BCUT2D eigenvalue weighted by molar-refractivity contribution is 7.86. The molecule has 2 aliphatic rings. The molecule has 150 valence electrons. The van der Waals surface area contributed by atoms with Crippen LogP contribution in [0.25, 0.3) is 10.4 Å².